The molecule has 0 heterocycles. The van der Waals surface area contributed by atoms with E-state index in [1.54, 1.807) is 0 Å². The molecule has 0 spiro atoms. The van der Waals surface area contributed by atoms with Crippen LogP contribution in [0.4, 0.5) is 0 Å². The average Bonchev–Trinajstić information content (AvgIpc) is 2.36. The van der Waals surface area contributed by atoms with Gasteiger partial charge < -0.3 is 4.74 Å². The van der Waals surface area contributed by atoms with Crippen molar-refractivity contribution in [1.29, 1.82) is 0 Å². The van der Waals surface area contributed by atoms with E-state index in [0.717, 1.165) is 24.7 Å². The van der Waals surface area contributed by atoms with Crippen molar-refractivity contribution < 1.29 is 4.74 Å². The van der Waals surface area contributed by atoms with Crippen LogP contribution >= 0.6 is 47.8 Å². The highest BCUT2D eigenvalue weighted by Gasteiger charge is 2.08. The minimum Gasteiger partial charge on any atom is -0.488 e. The third-order valence-electron chi connectivity index (χ3n) is 2.24. The Labute approximate surface area is 126 Å². The van der Waals surface area contributed by atoms with Crippen molar-refractivity contribution in [2.45, 2.75) is 6.61 Å². The zero-order valence-electron chi connectivity index (χ0n) is 8.79. The van der Waals surface area contributed by atoms with Gasteiger partial charge in [0.25, 0.3) is 0 Å². The molecule has 0 aromatic heterocycles. The van der Waals surface area contributed by atoms with Gasteiger partial charge >= 0.3 is 0 Å². The van der Waals surface area contributed by atoms with E-state index in [0.29, 0.717) is 6.61 Å². The van der Waals surface area contributed by atoms with E-state index in [9.17, 15) is 0 Å². The van der Waals surface area contributed by atoms with Gasteiger partial charge in [-0.15, -0.1) is 0 Å². The quantitative estimate of drug-likeness (QED) is 0.591. The first-order chi connectivity index (χ1) is 8.18. The molecule has 1 nitrogen and oxygen atoms in total. The van der Waals surface area contributed by atoms with Crippen LogP contribution in [0.2, 0.25) is 0 Å². The highest BCUT2D eigenvalue weighted by atomic mass is 79.9. The second-order valence-corrected chi connectivity index (χ2v) is 5.89. The lowest BCUT2D eigenvalue weighted by Gasteiger charge is -2.10. The van der Waals surface area contributed by atoms with E-state index in [1.165, 1.54) is 0 Å². The average molecular weight is 421 g/mol. The molecule has 0 aliphatic heterocycles. The zero-order valence-corrected chi connectivity index (χ0v) is 13.5. The van der Waals surface area contributed by atoms with Crippen molar-refractivity contribution in [3.63, 3.8) is 0 Å². The van der Waals surface area contributed by atoms with Gasteiger partial charge in [0.15, 0.2) is 0 Å². The predicted molar refractivity (Wildman–Crippen MR) is 80.3 cm³/mol. The number of benzene rings is 2. The van der Waals surface area contributed by atoms with Gasteiger partial charge in [0.05, 0.1) is 4.47 Å². The fourth-order valence-corrected chi connectivity index (χ4v) is 2.74. The summed E-state index contributed by atoms with van der Waals surface area (Å²) in [5, 5.41) is 0. The summed E-state index contributed by atoms with van der Waals surface area (Å²) in [7, 11) is 0. The first-order valence-corrected chi connectivity index (χ1v) is 7.36. The van der Waals surface area contributed by atoms with Crippen molar-refractivity contribution in [2.75, 3.05) is 0 Å². The highest BCUT2D eigenvalue weighted by Crippen LogP contribution is 2.37. The molecule has 88 valence electrons. The molecular weight excluding hydrogens is 412 g/mol. The van der Waals surface area contributed by atoms with Gasteiger partial charge in [-0.05, 0) is 65.5 Å². The summed E-state index contributed by atoms with van der Waals surface area (Å²) >= 11 is 10.4. The zero-order chi connectivity index (χ0) is 12.3. The van der Waals surface area contributed by atoms with Crippen molar-refractivity contribution in [3.05, 3.63) is 61.4 Å². The van der Waals surface area contributed by atoms with E-state index in [2.05, 4.69) is 47.8 Å². The molecule has 0 fully saturated rings. The molecule has 0 saturated heterocycles. The molecule has 0 radical (unpaired) electrons. The van der Waals surface area contributed by atoms with Crippen LogP contribution in [0.1, 0.15) is 5.56 Å². The van der Waals surface area contributed by atoms with Crippen LogP contribution in [0.5, 0.6) is 5.75 Å². The lowest BCUT2D eigenvalue weighted by Crippen LogP contribution is -1.96. The summed E-state index contributed by atoms with van der Waals surface area (Å²) in [6.45, 7) is 0.563. The predicted octanol–water partition coefficient (Wildman–Crippen LogP) is 5.55. The Morgan fingerprint density at radius 1 is 0.824 bits per heavy atom. The molecular formula is C13H9Br3O. The summed E-state index contributed by atoms with van der Waals surface area (Å²) in [6, 6.07) is 14.0. The van der Waals surface area contributed by atoms with Gasteiger partial charge in [-0.25, -0.2) is 0 Å². The van der Waals surface area contributed by atoms with Crippen LogP contribution in [0.15, 0.2) is 55.9 Å². The first-order valence-electron chi connectivity index (χ1n) is 4.98. The van der Waals surface area contributed by atoms with Crippen molar-refractivity contribution >= 4 is 47.8 Å². The third kappa shape index (κ3) is 3.33. The summed E-state index contributed by atoms with van der Waals surface area (Å²) < 4.78 is 8.64. The molecule has 4 heteroatoms. The first kappa shape index (κ1) is 13.1. The molecule has 2 rings (SSSR count). The molecule has 2 aromatic rings. The van der Waals surface area contributed by atoms with Crippen LogP contribution in [0.3, 0.4) is 0 Å². The monoisotopic (exact) mass is 418 g/mol. The minimum absolute atomic E-state index is 0.563. The SMILES string of the molecule is Brc1ccc(OCc2ccccc2)c(Br)c1Br. The van der Waals surface area contributed by atoms with Crippen molar-refractivity contribution in [2.24, 2.45) is 0 Å². The molecule has 0 amide bonds. The highest BCUT2D eigenvalue weighted by molar-refractivity contribution is 9.14. The molecule has 2 aromatic carbocycles. The van der Waals surface area contributed by atoms with E-state index < -0.39 is 0 Å². The van der Waals surface area contributed by atoms with Crippen LogP contribution in [0.25, 0.3) is 0 Å². The minimum atomic E-state index is 0.563. The Balaban J connectivity index is 2.13. The second-order valence-electron chi connectivity index (χ2n) is 3.45. The van der Waals surface area contributed by atoms with Crippen molar-refractivity contribution in [1.82, 2.24) is 0 Å². The molecule has 0 saturated carbocycles. The van der Waals surface area contributed by atoms with E-state index in [1.807, 2.05) is 42.5 Å². The molecule has 0 bridgehead atoms. The van der Waals surface area contributed by atoms with E-state index in [-0.39, 0.29) is 0 Å². The Morgan fingerprint density at radius 2 is 1.53 bits per heavy atom. The number of rotatable bonds is 3. The number of ether oxygens (including phenoxy) is 1. The third-order valence-corrected chi connectivity index (χ3v) is 5.57. The van der Waals surface area contributed by atoms with Gasteiger partial charge in [0.1, 0.15) is 12.4 Å². The maximum Gasteiger partial charge on any atom is 0.135 e. The molecule has 0 N–H and O–H groups in total. The van der Waals surface area contributed by atoms with Gasteiger partial charge in [0, 0.05) is 8.95 Å². The summed E-state index contributed by atoms with van der Waals surface area (Å²) in [5.74, 6) is 0.823. The largest absolute Gasteiger partial charge is 0.488 e. The summed E-state index contributed by atoms with van der Waals surface area (Å²) in [4.78, 5) is 0. The molecule has 17 heavy (non-hydrogen) atoms. The van der Waals surface area contributed by atoms with Gasteiger partial charge in [-0.2, -0.15) is 0 Å². The standard InChI is InChI=1S/C13H9Br3O/c14-10-6-7-11(13(16)12(10)15)17-8-9-4-2-1-3-5-9/h1-7H,8H2. The normalized spacial score (nSPS) is 10.3. The topological polar surface area (TPSA) is 9.23 Å². The Hall–Kier alpha value is -0.320. The van der Waals surface area contributed by atoms with Crippen LogP contribution in [-0.2, 0) is 6.61 Å². The van der Waals surface area contributed by atoms with E-state index >= 15 is 0 Å². The van der Waals surface area contributed by atoms with Gasteiger partial charge in [0.2, 0.25) is 0 Å². The van der Waals surface area contributed by atoms with Gasteiger partial charge in [-0.1, -0.05) is 30.3 Å². The van der Waals surface area contributed by atoms with Crippen LogP contribution < -0.4 is 4.74 Å². The molecule has 0 aliphatic rings. The lowest BCUT2D eigenvalue weighted by atomic mass is 10.2. The molecule has 0 aliphatic carbocycles. The number of halogens is 3. The maximum absolute atomic E-state index is 5.76. The Morgan fingerprint density at radius 3 is 2.24 bits per heavy atom. The molecule has 0 unspecified atom stereocenters. The molecule has 0 atom stereocenters. The van der Waals surface area contributed by atoms with Gasteiger partial charge in [-0.3, -0.25) is 0 Å². The number of hydrogen-bond acceptors (Lipinski definition) is 1. The Bertz CT molecular complexity index is 512. The fourth-order valence-electron chi connectivity index (χ4n) is 1.35. The van der Waals surface area contributed by atoms with E-state index in [4.69, 9.17) is 4.74 Å². The fraction of sp³-hybridized carbons (Fsp3) is 0.0769. The maximum atomic E-state index is 5.76. The number of hydrogen-bond donors (Lipinski definition) is 0. The Kier molecular flexibility index (Phi) is 4.65. The van der Waals surface area contributed by atoms with Crippen molar-refractivity contribution in [3.8, 4) is 5.75 Å². The van der Waals surface area contributed by atoms with Crippen LogP contribution in [-0.4, -0.2) is 0 Å². The van der Waals surface area contributed by atoms with Crippen LogP contribution in [0, 0.1) is 0 Å². The summed E-state index contributed by atoms with van der Waals surface area (Å²) in [6.07, 6.45) is 0. The smallest absolute Gasteiger partial charge is 0.135 e. The summed E-state index contributed by atoms with van der Waals surface area (Å²) in [5.41, 5.74) is 1.15. The lowest BCUT2D eigenvalue weighted by molar-refractivity contribution is 0.304. The second kappa shape index (κ2) is 6.03.